The summed E-state index contributed by atoms with van der Waals surface area (Å²) in [5.74, 6) is 0. The Labute approximate surface area is 67.5 Å². The fraction of sp³-hybridized carbons (Fsp3) is 1.00. The summed E-state index contributed by atoms with van der Waals surface area (Å²) in [5, 5.41) is 7.05. The first-order chi connectivity index (χ1) is 5.17. The predicted molar refractivity (Wildman–Crippen MR) is 43.6 cm³/mol. The zero-order valence-corrected chi connectivity index (χ0v) is 7.18. The van der Waals surface area contributed by atoms with Crippen molar-refractivity contribution in [2.75, 3.05) is 19.8 Å². The largest absolute Gasteiger partial charge is 0.378 e. The van der Waals surface area contributed by atoms with Gasteiger partial charge in [0.2, 0.25) is 0 Å². The quantitative estimate of drug-likeness (QED) is 0.506. The second-order valence-electron chi connectivity index (χ2n) is 4.16. The molecule has 0 saturated carbocycles. The molecule has 0 bridgehead atoms. The lowest BCUT2D eigenvalue weighted by Crippen LogP contribution is -2.65. The van der Waals surface area contributed by atoms with Gasteiger partial charge in [0.15, 0.2) is 0 Å². The first kappa shape index (κ1) is 7.53. The normalized spacial score (nSPS) is 42.0. The smallest absolute Gasteiger partial charge is 0.0636 e. The molecular weight excluding hydrogens is 140 g/mol. The van der Waals surface area contributed by atoms with E-state index in [1.54, 1.807) is 0 Å². The van der Waals surface area contributed by atoms with Crippen LogP contribution in [0.5, 0.6) is 0 Å². The molecule has 0 unspecified atom stereocenters. The molecule has 0 aromatic carbocycles. The van der Waals surface area contributed by atoms with Crippen LogP contribution in [0.15, 0.2) is 0 Å². The molecule has 2 rings (SSSR count). The van der Waals surface area contributed by atoms with Crippen molar-refractivity contribution in [3.8, 4) is 0 Å². The van der Waals surface area contributed by atoms with Crippen LogP contribution in [0.1, 0.15) is 13.8 Å². The van der Waals surface area contributed by atoms with Gasteiger partial charge in [-0.2, -0.15) is 0 Å². The number of fused-ring (bicyclic) bond motifs is 1. The molecule has 2 aliphatic heterocycles. The van der Waals surface area contributed by atoms with E-state index in [2.05, 4.69) is 24.5 Å². The van der Waals surface area contributed by atoms with Gasteiger partial charge in [-0.3, -0.25) is 0 Å². The SMILES string of the molecule is CC1(C)CN[C@@H]2COC[C@H]2N1. The Morgan fingerprint density at radius 2 is 2.00 bits per heavy atom. The summed E-state index contributed by atoms with van der Waals surface area (Å²) in [7, 11) is 0. The second-order valence-corrected chi connectivity index (χ2v) is 4.16. The Morgan fingerprint density at radius 3 is 2.82 bits per heavy atom. The fourth-order valence-electron chi connectivity index (χ4n) is 1.84. The zero-order chi connectivity index (χ0) is 7.90. The molecule has 0 aromatic rings. The summed E-state index contributed by atoms with van der Waals surface area (Å²) in [6.45, 7) is 7.20. The number of rotatable bonds is 0. The Balaban J connectivity index is 2.02. The summed E-state index contributed by atoms with van der Waals surface area (Å²) in [5.41, 5.74) is 0.231. The highest BCUT2D eigenvalue weighted by molar-refractivity contribution is 4.99. The van der Waals surface area contributed by atoms with Crippen LogP contribution < -0.4 is 10.6 Å². The molecule has 2 N–H and O–H groups in total. The maximum absolute atomic E-state index is 5.36. The number of nitrogens with one attached hydrogen (secondary N) is 2. The molecule has 3 nitrogen and oxygen atoms in total. The van der Waals surface area contributed by atoms with Crippen LogP contribution in [0.2, 0.25) is 0 Å². The van der Waals surface area contributed by atoms with Crippen LogP contribution in [0.3, 0.4) is 0 Å². The lowest BCUT2D eigenvalue weighted by Gasteiger charge is -2.38. The monoisotopic (exact) mass is 156 g/mol. The number of piperazine rings is 1. The summed E-state index contributed by atoms with van der Waals surface area (Å²) in [6, 6.07) is 1.07. The van der Waals surface area contributed by atoms with Gasteiger partial charge in [0.1, 0.15) is 0 Å². The van der Waals surface area contributed by atoms with Gasteiger partial charge in [0.25, 0.3) is 0 Å². The Morgan fingerprint density at radius 1 is 1.27 bits per heavy atom. The van der Waals surface area contributed by atoms with Crippen LogP contribution in [0.4, 0.5) is 0 Å². The molecule has 2 aliphatic rings. The number of ether oxygens (including phenoxy) is 1. The highest BCUT2D eigenvalue weighted by Crippen LogP contribution is 2.15. The molecule has 0 aromatic heterocycles. The average Bonchev–Trinajstić information content (AvgIpc) is 2.31. The summed E-state index contributed by atoms with van der Waals surface area (Å²) in [4.78, 5) is 0. The van der Waals surface area contributed by atoms with E-state index < -0.39 is 0 Å². The molecular formula is C8H16N2O. The highest BCUT2D eigenvalue weighted by atomic mass is 16.5. The van der Waals surface area contributed by atoms with Crippen LogP contribution in [-0.4, -0.2) is 37.4 Å². The van der Waals surface area contributed by atoms with E-state index in [0.29, 0.717) is 12.1 Å². The molecule has 2 heterocycles. The van der Waals surface area contributed by atoms with Gasteiger partial charge in [0.05, 0.1) is 13.2 Å². The van der Waals surface area contributed by atoms with Crippen molar-refractivity contribution in [3.05, 3.63) is 0 Å². The molecule has 0 radical (unpaired) electrons. The number of hydrogen-bond acceptors (Lipinski definition) is 3. The van der Waals surface area contributed by atoms with Gasteiger partial charge in [0, 0.05) is 24.2 Å². The molecule has 0 aliphatic carbocycles. The van der Waals surface area contributed by atoms with Crippen molar-refractivity contribution in [2.45, 2.75) is 31.5 Å². The summed E-state index contributed by atoms with van der Waals surface area (Å²) in [6.07, 6.45) is 0. The molecule has 2 saturated heterocycles. The van der Waals surface area contributed by atoms with Gasteiger partial charge in [-0.15, -0.1) is 0 Å². The minimum absolute atomic E-state index is 0.231. The van der Waals surface area contributed by atoms with Crippen LogP contribution in [0, 0.1) is 0 Å². The minimum atomic E-state index is 0.231. The van der Waals surface area contributed by atoms with Crippen molar-refractivity contribution in [1.82, 2.24) is 10.6 Å². The van der Waals surface area contributed by atoms with Gasteiger partial charge in [-0.1, -0.05) is 0 Å². The van der Waals surface area contributed by atoms with E-state index in [9.17, 15) is 0 Å². The van der Waals surface area contributed by atoms with Gasteiger partial charge >= 0.3 is 0 Å². The molecule has 11 heavy (non-hydrogen) atoms. The van der Waals surface area contributed by atoms with Crippen LogP contribution >= 0.6 is 0 Å². The summed E-state index contributed by atoms with van der Waals surface area (Å²) >= 11 is 0. The van der Waals surface area contributed by atoms with E-state index in [-0.39, 0.29) is 5.54 Å². The van der Waals surface area contributed by atoms with E-state index in [0.717, 1.165) is 19.8 Å². The summed E-state index contributed by atoms with van der Waals surface area (Å²) < 4.78 is 5.36. The fourth-order valence-corrected chi connectivity index (χ4v) is 1.84. The van der Waals surface area contributed by atoms with E-state index in [1.165, 1.54) is 0 Å². The molecule has 0 amide bonds. The molecule has 64 valence electrons. The standard InChI is InChI=1S/C8H16N2O/c1-8(2)5-9-6-3-11-4-7(6)10-8/h6-7,9-10H,3-5H2,1-2H3/t6-,7-/m1/s1. The van der Waals surface area contributed by atoms with E-state index >= 15 is 0 Å². The lowest BCUT2D eigenvalue weighted by molar-refractivity contribution is 0.186. The zero-order valence-electron chi connectivity index (χ0n) is 7.18. The molecule has 2 atom stereocenters. The first-order valence-electron chi connectivity index (χ1n) is 4.26. The first-order valence-corrected chi connectivity index (χ1v) is 4.26. The number of hydrogen-bond donors (Lipinski definition) is 2. The van der Waals surface area contributed by atoms with Crippen LogP contribution in [0.25, 0.3) is 0 Å². The lowest BCUT2D eigenvalue weighted by atomic mass is 9.97. The Kier molecular flexibility index (Phi) is 1.67. The average molecular weight is 156 g/mol. The van der Waals surface area contributed by atoms with Gasteiger partial charge in [-0.25, -0.2) is 0 Å². The van der Waals surface area contributed by atoms with Crippen LogP contribution in [-0.2, 0) is 4.74 Å². The maximum atomic E-state index is 5.36. The topological polar surface area (TPSA) is 33.3 Å². The van der Waals surface area contributed by atoms with Gasteiger partial charge in [-0.05, 0) is 13.8 Å². The Bertz CT molecular complexity index is 158. The molecule has 2 fully saturated rings. The predicted octanol–water partition coefficient (Wildman–Crippen LogP) is -0.275. The third kappa shape index (κ3) is 1.41. The van der Waals surface area contributed by atoms with Gasteiger partial charge < -0.3 is 15.4 Å². The minimum Gasteiger partial charge on any atom is -0.378 e. The third-order valence-electron chi connectivity index (χ3n) is 2.46. The van der Waals surface area contributed by atoms with E-state index in [1.807, 2.05) is 0 Å². The van der Waals surface area contributed by atoms with Crippen molar-refractivity contribution in [3.63, 3.8) is 0 Å². The van der Waals surface area contributed by atoms with Crippen molar-refractivity contribution < 1.29 is 4.74 Å². The molecule has 3 heteroatoms. The van der Waals surface area contributed by atoms with Crippen molar-refractivity contribution >= 4 is 0 Å². The second kappa shape index (κ2) is 2.44. The third-order valence-corrected chi connectivity index (χ3v) is 2.46. The Hall–Kier alpha value is -0.120. The van der Waals surface area contributed by atoms with Crippen molar-refractivity contribution in [1.29, 1.82) is 0 Å². The molecule has 0 spiro atoms. The highest BCUT2D eigenvalue weighted by Gasteiger charge is 2.37. The maximum Gasteiger partial charge on any atom is 0.0636 e. The van der Waals surface area contributed by atoms with Crippen molar-refractivity contribution in [2.24, 2.45) is 0 Å². The van der Waals surface area contributed by atoms with E-state index in [4.69, 9.17) is 4.74 Å².